The van der Waals surface area contributed by atoms with E-state index < -0.39 is 0 Å². The van der Waals surface area contributed by atoms with Gasteiger partial charge < -0.3 is 4.57 Å². The molecule has 0 aliphatic carbocycles. The maximum absolute atomic E-state index is 6.56. The second-order valence-corrected chi connectivity index (χ2v) is 9.42. The van der Waals surface area contributed by atoms with Gasteiger partial charge in [-0.15, -0.1) is 0 Å². The van der Waals surface area contributed by atoms with Crippen molar-refractivity contribution in [2.24, 2.45) is 7.05 Å². The highest BCUT2D eigenvalue weighted by molar-refractivity contribution is 6.35. The minimum absolute atomic E-state index is 0.239. The molecule has 5 heteroatoms. The van der Waals surface area contributed by atoms with E-state index in [1.165, 1.54) is 27.6 Å². The van der Waals surface area contributed by atoms with Gasteiger partial charge in [0.05, 0.1) is 11.1 Å². The van der Waals surface area contributed by atoms with Gasteiger partial charge in [0.15, 0.2) is 0 Å². The first kappa shape index (κ1) is 21.5. The number of nitrogens with zero attached hydrogens (tertiary/aromatic N) is 3. The Bertz CT molecular complexity index is 1190. The van der Waals surface area contributed by atoms with Crippen LogP contribution in [-0.2, 0) is 13.6 Å². The van der Waals surface area contributed by atoms with E-state index in [4.69, 9.17) is 23.2 Å². The number of aromatic nitrogens is 1. The summed E-state index contributed by atoms with van der Waals surface area (Å²) in [7, 11) is 2.09. The molecule has 3 nitrogen and oxygen atoms in total. The quantitative estimate of drug-likeness (QED) is 0.339. The summed E-state index contributed by atoms with van der Waals surface area (Å²) in [5.74, 6) is 0. The summed E-state index contributed by atoms with van der Waals surface area (Å²) >= 11 is 12.7. The number of piperazine rings is 1. The maximum Gasteiger partial charge on any atom is 0.0602 e. The first-order chi connectivity index (χ1) is 15.6. The average Bonchev–Trinajstić information content (AvgIpc) is 3.13. The Morgan fingerprint density at radius 1 is 0.781 bits per heavy atom. The fraction of sp³-hybridized carbons (Fsp3) is 0.259. The van der Waals surface area contributed by atoms with Crippen LogP contribution < -0.4 is 0 Å². The van der Waals surface area contributed by atoms with Crippen molar-refractivity contribution in [2.45, 2.75) is 12.6 Å². The minimum atomic E-state index is 0.239. The van der Waals surface area contributed by atoms with Crippen LogP contribution in [0.5, 0.6) is 0 Å². The van der Waals surface area contributed by atoms with Crippen molar-refractivity contribution in [1.29, 1.82) is 0 Å². The molecule has 3 aromatic carbocycles. The molecular formula is C27H27Cl2N3. The molecule has 5 rings (SSSR count). The fourth-order valence-corrected chi connectivity index (χ4v) is 5.34. The highest BCUT2D eigenvalue weighted by Crippen LogP contribution is 2.32. The Kier molecular flexibility index (Phi) is 6.25. The molecule has 0 saturated carbocycles. The normalized spacial score (nSPS) is 16.5. The van der Waals surface area contributed by atoms with E-state index in [9.17, 15) is 0 Å². The Labute approximate surface area is 199 Å². The van der Waals surface area contributed by atoms with Crippen LogP contribution in [-0.4, -0.2) is 40.5 Å². The van der Waals surface area contributed by atoms with Crippen molar-refractivity contribution in [3.8, 4) is 0 Å². The third kappa shape index (κ3) is 4.31. The van der Waals surface area contributed by atoms with Crippen LogP contribution >= 0.6 is 23.2 Å². The van der Waals surface area contributed by atoms with Gasteiger partial charge in [-0.05, 0) is 41.0 Å². The second-order valence-electron chi connectivity index (χ2n) is 8.58. The van der Waals surface area contributed by atoms with Crippen LogP contribution in [0.1, 0.15) is 22.7 Å². The molecule has 0 N–H and O–H groups in total. The zero-order valence-corrected chi connectivity index (χ0v) is 19.7. The smallest absolute Gasteiger partial charge is 0.0602 e. The van der Waals surface area contributed by atoms with Crippen LogP contribution in [0.15, 0.2) is 79.0 Å². The first-order valence-electron chi connectivity index (χ1n) is 11.1. The molecule has 1 unspecified atom stereocenters. The van der Waals surface area contributed by atoms with Crippen molar-refractivity contribution < 1.29 is 0 Å². The zero-order valence-electron chi connectivity index (χ0n) is 18.2. The van der Waals surface area contributed by atoms with E-state index in [-0.39, 0.29) is 6.04 Å². The molecule has 1 aliphatic heterocycles. The van der Waals surface area contributed by atoms with Crippen LogP contribution in [0, 0.1) is 0 Å². The molecule has 1 aromatic heterocycles. The molecular weight excluding hydrogens is 437 g/mol. The van der Waals surface area contributed by atoms with E-state index in [2.05, 4.69) is 76.1 Å². The molecule has 1 atom stereocenters. The number of halogens is 2. The van der Waals surface area contributed by atoms with Gasteiger partial charge in [0.25, 0.3) is 0 Å². The lowest BCUT2D eigenvalue weighted by molar-refractivity contribution is 0.105. The SMILES string of the molecule is Cn1cc(CN2CCN(C(c3ccccc3)c3ccc(Cl)cc3)CC2)c2c(Cl)cccc21. The highest BCUT2D eigenvalue weighted by Gasteiger charge is 2.27. The van der Waals surface area contributed by atoms with Crippen LogP contribution in [0.25, 0.3) is 10.9 Å². The summed E-state index contributed by atoms with van der Waals surface area (Å²) in [6, 6.07) is 25.5. The third-order valence-electron chi connectivity index (χ3n) is 6.51. The summed E-state index contributed by atoms with van der Waals surface area (Å²) in [4.78, 5) is 5.13. The van der Waals surface area contributed by atoms with Crippen molar-refractivity contribution in [1.82, 2.24) is 14.4 Å². The van der Waals surface area contributed by atoms with Gasteiger partial charge in [0, 0.05) is 61.9 Å². The zero-order chi connectivity index (χ0) is 22.1. The highest BCUT2D eigenvalue weighted by atomic mass is 35.5. The maximum atomic E-state index is 6.56. The molecule has 0 bridgehead atoms. The molecule has 1 aliphatic rings. The van der Waals surface area contributed by atoms with E-state index in [0.29, 0.717) is 0 Å². The van der Waals surface area contributed by atoms with Gasteiger partial charge >= 0.3 is 0 Å². The fourth-order valence-electron chi connectivity index (χ4n) is 4.93. The van der Waals surface area contributed by atoms with Gasteiger partial charge in [0.2, 0.25) is 0 Å². The molecule has 0 amide bonds. The molecule has 0 spiro atoms. The van der Waals surface area contributed by atoms with Gasteiger partial charge in [-0.3, -0.25) is 9.80 Å². The number of fused-ring (bicyclic) bond motifs is 1. The van der Waals surface area contributed by atoms with Crippen molar-refractivity contribution in [2.75, 3.05) is 26.2 Å². The number of hydrogen-bond donors (Lipinski definition) is 0. The summed E-state index contributed by atoms with van der Waals surface area (Å²) in [6.07, 6.45) is 2.23. The van der Waals surface area contributed by atoms with E-state index in [1.54, 1.807) is 0 Å². The van der Waals surface area contributed by atoms with E-state index in [1.807, 2.05) is 24.3 Å². The molecule has 4 aromatic rings. The van der Waals surface area contributed by atoms with Gasteiger partial charge in [-0.25, -0.2) is 0 Å². The lowest BCUT2D eigenvalue weighted by Gasteiger charge is -2.39. The summed E-state index contributed by atoms with van der Waals surface area (Å²) in [6.45, 7) is 5.00. The largest absolute Gasteiger partial charge is 0.350 e. The van der Waals surface area contributed by atoms with Crippen LogP contribution in [0.2, 0.25) is 10.0 Å². The lowest BCUT2D eigenvalue weighted by Crippen LogP contribution is -2.47. The number of rotatable bonds is 5. The topological polar surface area (TPSA) is 11.4 Å². The molecule has 1 fully saturated rings. The third-order valence-corrected chi connectivity index (χ3v) is 7.08. The Morgan fingerprint density at radius 3 is 2.19 bits per heavy atom. The number of hydrogen-bond acceptors (Lipinski definition) is 2. The second kappa shape index (κ2) is 9.29. The van der Waals surface area contributed by atoms with E-state index in [0.717, 1.165) is 42.8 Å². The van der Waals surface area contributed by atoms with Crippen LogP contribution in [0.4, 0.5) is 0 Å². The molecule has 0 radical (unpaired) electrons. The van der Waals surface area contributed by atoms with Crippen LogP contribution in [0.3, 0.4) is 0 Å². The Balaban J connectivity index is 1.34. The van der Waals surface area contributed by atoms with Crippen molar-refractivity contribution >= 4 is 34.1 Å². The van der Waals surface area contributed by atoms with Gasteiger partial charge in [0.1, 0.15) is 0 Å². The standard InChI is InChI=1S/C27H27Cl2N3/c1-30-18-22(26-24(29)8-5-9-25(26)30)19-31-14-16-32(17-15-31)27(20-6-3-2-4-7-20)21-10-12-23(28)13-11-21/h2-13,18,27H,14-17,19H2,1H3. The lowest BCUT2D eigenvalue weighted by atomic mass is 9.96. The van der Waals surface area contributed by atoms with Crippen molar-refractivity contribution in [3.63, 3.8) is 0 Å². The summed E-state index contributed by atoms with van der Waals surface area (Å²) in [5, 5.41) is 2.80. The van der Waals surface area contributed by atoms with Gasteiger partial charge in [-0.1, -0.05) is 71.7 Å². The monoisotopic (exact) mass is 463 g/mol. The summed E-state index contributed by atoms with van der Waals surface area (Å²) < 4.78 is 2.18. The number of benzene rings is 3. The van der Waals surface area contributed by atoms with E-state index >= 15 is 0 Å². The minimum Gasteiger partial charge on any atom is -0.350 e. The molecule has 1 saturated heterocycles. The Hall–Kier alpha value is -2.30. The molecule has 2 heterocycles. The summed E-state index contributed by atoms with van der Waals surface area (Å²) in [5.41, 5.74) is 5.11. The predicted octanol–water partition coefficient (Wildman–Crippen LogP) is 6.39. The Morgan fingerprint density at radius 2 is 1.47 bits per heavy atom. The number of aryl methyl sites for hydroxylation is 1. The molecule has 32 heavy (non-hydrogen) atoms. The first-order valence-corrected chi connectivity index (χ1v) is 11.8. The van der Waals surface area contributed by atoms with Gasteiger partial charge in [-0.2, -0.15) is 0 Å². The average molecular weight is 464 g/mol. The predicted molar refractivity (Wildman–Crippen MR) is 135 cm³/mol. The molecule has 164 valence electrons. The van der Waals surface area contributed by atoms with Crippen molar-refractivity contribution in [3.05, 3.63) is 106 Å².